The molecule has 1 spiro atoms. The lowest BCUT2D eigenvalue weighted by Crippen LogP contribution is -2.43. The van der Waals surface area contributed by atoms with E-state index in [4.69, 9.17) is 11.6 Å². The van der Waals surface area contributed by atoms with Gasteiger partial charge < -0.3 is 4.90 Å². The Balaban J connectivity index is 1.56. The first kappa shape index (κ1) is 15.7. The maximum atomic E-state index is 12.7. The van der Waals surface area contributed by atoms with Gasteiger partial charge in [0.1, 0.15) is 10.6 Å². The number of thioether (sulfide) groups is 1. The number of hydrogen-bond acceptors (Lipinski definition) is 4. The van der Waals surface area contributed by atoms with Crippen molar-refractivity contribution in [3.8, 4) is 0 Å². The molecule has 6 heteroatoms. The zero-order valence-electron chi connectivity index (χ0n) is 13.7. The van der Waals surface area contributed by atoms with Gasteiger partial charge in [-0.2, -0.15) is 0 Å². The van der Waals surface area contributed by atoms with Gasteiger partial charge >= 0.3 is 0 Å². The molecule has 5 rings (SSSR count). The fourth-order valence-corrected chi connectivity index (χ4v) is 4.67. The first-order chi connectivity index (χ1) is 12.7. The maximum Gasteiger partial charge on any atom is 0.225 e. The lowest BCUT2D eigenvalue weighted by molar-refractivity contribution is 0.108. The molecule has 3 aliphatic rings. The van der Waals surface area contributed by atoms with Gasteiger partial charge in [0.05, 0.1) is 11.9 Å². The minimum absolute atomic E-state index is 0.0489. The Morgan fingerprint density at radius 3 is 3.08 bits per heavy atom. The van der Waals surface area contributed by atoms with Crippen molar-refractivity contribution < 1.29 is 4.79 Å². The molecule has 0 fully saturated rings. The topological polar surface area (TPSA) is 38.1 Å². The molecule has 0 bridgehead atoms. The fraction of sp³-hybridized carbons (Fsp3) is 0.100. The van der Waals surface area contributed by atoms with E-state index in [0.717, 1.165) is 23.1 Å². The van der Waals surface area contributed by atoms with Gasteiger partial charge in [0.25, 0.3) is 0 Å². The van der Waals surface area contributed by atoms with Crippen LogP contribution >= 0.6 is 23.4 Å². The number of nitrogens with zero attached hydrogens (tertiary/aromatic N) is 3. The first-order valence-corrected chi connectivity index (χ1v) is 9.47. The number of fused-ring (bicyclic) bond motifs is 3. The fourth-order valence-electron chi connectivity index (χ4n) is 3.67. The second-order valence-electron chi connectivity index (χ2n) is 6.31. The highest BCUT2D eigenvalue weighted by molar-refractivity contribution is 8.14. The predicted octanol–water partition coefficient (Wildman–Crippen LogP) is 4.91. The number of carbonyl (C=O) groups is 1. The van der Waals surface area contributed by atoms with Crippen LogP contribution in [0, 0.1) is 0 Å². The van der Waals surface area contributed by atoms with Crippen molar-refractivity contribution in [1.82, 2.24) is 9.55 Å². The van der Waals surface area contributed by atoms with Crippen LogP contribution < -0.4 is 4.90 Å². The van der Waals surface area contributed by atoms with Gasteiger partial charge in [0.2, 0.25) is 11.1 Å². The minimum atomic E-state index is -0.249. The van der Waals surface area contributed by atoms with E-state index in [2.05, 4.69) is 44.8 Å². The molecule has 2 aromatic rings. The third-order valence-electron chi connectivity index (χ3n) is 4.84. The van der Waals surface area contributed by atoms with Crippen molar-refractivity contribution in [3.63, 3.8) is 0 Å². The molecule has 1 aromatic carbocycles. The Labute approximate surface area is 160 Å². The lowest BCUT2D eigenvalue weighted by atomic mass is 9.85. The molecule has 128 valence electrons. The van der Waals surface area contributed by atoms with Crippen molar-refractivity contribution in [2.24, 2.45) is 0 Å². The lowest BCUT2D eigenvalue weighted by Gasteiger charge is -2.37. The number of anilines is 1. The van der Waals surface area contributed by atoms with Crippen LogP contribution in [0.15, 0.2) is 78.1 Å². The standard InChI is InChI=1S/C20H14ClN3OS/c21-15-7-5-6-14(12-15)18(25)26-17-13-22-19-23-11-4-3-10-20(23)9-2-1-8-16(20)24(17)19/h1-8,10-13H,9H2. The molecular formula is C20H14ClN3OS. The van der Waals surface area contributed by atoms with Crippen LogP contribution in [0.25, 0.3) is 5.70 Å². The van der Waals surface area contributed by atoms with E-state index in [1.165, 1.54) is 11.8 Å². The summed E-state index contributed by atoms with van der Waals surface area (Å²) in [6.07, 6.45) is 17.3. The summed E-state index contributed by atoms with van der Waals surface area (Å²) in [5, 5.41) is 1.32. The number of aromatic nitrogens is 2. The summed E-state index contributed by atoms with van der Waals surface area (Å²) in [6.45, 7) is 0. The predicted molar refractivity (Wildman–Crippen MR) is 105 cm³/mol. The molecule has 0 amide bonds. The average Bonchev–Trinajstić information content (AvgIpc) is 3.18. The number of carbonyl (C=O) groups excluding carboxylic acids is 1. The molecule has 3 heterocycles. The van der Waals surface area contributed by atoms with Crippen LogP contribution in [0.1, 0.15) is 16.8 Å². The van der Waals surface area contributed by atoms with Gasteiger partial charge in [-0.25, -0.2) is 4.98 Å². The van der Waals surface area contributed by atoms with Crippen LogP contribution in [-0.2, 0) is 0 Å². The molecule has 0 N–H and O–H groups in total. The van der Waals surface area contributed by atoms with Gasteiger partial charge in [0.15, 0.2) is 0 Å². The van der Waals surface area contributed by atoms with Crippen LogP contribution in [0.3, 0.4) is 0 Å². The van der Waals surface area contributed by atoms with Crippen molar-refractivity contribution >= 4 is 40.1 Å². The molecule has 2 aliphatic heterocycles. The molecule has 0 saturated heterocycles. The quantitative estimate of drug-likeness (QED) is 0.695. The van der Waals surface area contributed by atoms with Crippen LogP contribution in [0.2, 0.25) is 5.02 Å². The summed E-state index contributed by atoms with van der Waals surface area (Å²) in [5.74, 6) is 0.835. The van der Waals surface area contributed by atoms with Crippen molar-refractivity contribution in [2.45, 2.75) is 17.0 Å². The summed E-state index contributed by atoms with van der Waals surface area (Å²) in [5.41, 5.74) is 1.46. The Kier molecular flexibility index (Phi) is 3.48. The minimum Gasteiger partial charge on any atom is -0.303 e. The normalized spacial score (nSPS) is 22.0. The third kappa shape index (κ3) is 2.17. The first-order valence-electron chi connectivity index (χ1n) is 8.28. The number of allylic oxidation sites excluding steroid dienone is 4. The molecule has 1 atom stereocenters. The Morgan fingerprint density at radius 2 is 2.19 bits per heavy atom. The van der Waals surface area contributed by atoms with Crippen molar-refractivity contribution in [1.29, 1.82) is 0 Å². The van der Waals surface area contributed by atoms with Crippen molar-refractivity contribution in [2.75, 3.05) is 4.90 Å². The maximum absolute atomic E-state index is 12.7. The Bertz CT molecular complexity index is 1050. The number of benzene rings is 1. The molecule has 1 aromatic heterocycles. The smallest absolute Gasteiger partial charge is 0.225 e. The van der Waals surface area contributed by atoms with E-state index in [-0.39, 0.29) is 10.7 Å². The van der Waals surface area contributed by atoms with Gasteiger partial charge in [-0.3, -0.25) is 9.36 Å². The Morgan fingerprint density at radius 1 is 1.27 bits per heavy atom. The van der Waals surface area contributed by atoms with E-state index < -0.39 is 0 Å². The summed E-state index contributed by atoms with van der Waals surface area (Å²) in [6, 6.07) is 7.02. The SMILES string of the molecule is O=C(Sc1cnc2n1C1=CC=CCC13C=CC=CN23)c1cccc(Cl)c1. The average molecular weight is 380 g/mol. The number of hydrogen-bond donors (Lipinski definition) is 0. The van der Waals surface area contributed by atoms with Gasteiger partial charge in [-0.1, -0.05) is 48.0 Å². The van der Waals surface area contributed by atoms with E-state index in [1.54, 1.807) is 30.5 Å². The second kappa shape index (κ2) is 5.76. The monoisotopic (exact) mass is 379 g/mol. The number of imidazole rings is 1. The molecule has 0 radical (unpaired) electrons. The molecule has 4 nitrogen and oxygen atoms in total. The molecule has 1 unspecified atom stereocenters. The van der Waals surface area contributed by atoms with Gasteiger partial charge in [-0.05, 0) is 42.5 Å². The van der Waals surface area contributed by atoms with E-state index in [9.17, 15) is 4.79 Å². The summed E-state index contributed by atoms with van der Waals surface area (Å²) < 4.78 is 2.08. The molecular weight excluding hydrogens is 366 g/mol. The highest BCUT2D eigenvalue weighted by Gasteiger charge is 2.48. The number of halogens is 1. The largest absolute Gasteiger partial charge is 0.303 e. The summed E-state index contributed by atoms with van der Waals surface area (Å²) in [7, 11) is 0. The Hall–Kier alpha value is -2.50. The van der Waals surface area contributed by atoms with Crippen LogP contribution in [-0.4, -0.2) is 20.2 Å². The van der Waals surface area contributed by atoms with Gasteiger partial charge in [-0.15, -0.1) is 0 Å². The van der Waals surface area contributed by atoms with Gasteiger partial charge in [0, 0.05) is 16.8 Å². The van der Waals surface area contributed by atoms with E-state index in [1.807, 2.05) is 12.3 Å². The van der Waals surface area contributed by atoms with Crippen LogP contribution in [0.4, 0.5) is 5.95 Å². The molecule has 1 aliphatic carbocycles. The van der Waals surface area contributed by atoms with E-state index in [0.29, 0.717) is 10.6 Å². The summed E-state index contributed by atoms with van der Waals surface area (Å²) >= 11 is 7.20. The highest BCUT2D eigenvalue weighted by Crippen LogP contribution is 2.50. The zero-order valence-corrected chi connectivity index (χ0v) is 15.2. The highest BCUT2D eigenvalue weighted by atomic mass is 35.5. The van der Waals surface area contributed by atoms with E-state index >= 15 is 0 Å². The molecule has 0 saturated carbocycles. The molecule has 26 heavy (non-hydrogen) atoms. The third-order valence-corrected chi connectivity index (χ3v) is 5.99. The van der Waals surface area contributed by atoms with Crippen LogP contribution in [0.5, 0.6) is 0 Å². The summed E-state index contributed by atoms with van der Waals surface area (Å²) in [4.78, 5) is 19.5. The number of rotatable bonds is 2. The zero-order chi connectivity index (χ0) is 17.7. The van der Waals surface area contributed by atoms with Crippen molar-refractivity contribution in [3.05, 3.63) is 83.7 Å². The second-order valence-corrected chi connectivity index (χ2v) is 7.74.